The summed E-state index contributed by atoms with van der Waals surface area (Å²) < 4.78 is 5.37. The van der Waals surface area contributed by atoms with E-state index in [0.717, 1.165) is 17.4 Å². The van der Waals surface area contributed by atoms with E-state index in [0.29, 0.717) is 55.3 Å². The highest BCUT2D eigenvalue weighted by Crippen LogP contribution is 2.26. The molecule has 0 amide bonds. The first kappa shape index (κ1) is 22.5. The molecule has 5 rings (SSSR count). The normalized spacial score (nSPS) is 25.2. The molecule has 12 nitrogen and oxygen atoms in total. The van der Waals surface area contributed by atoms with Gasteiger partial charge in [0, 0.05) is 73.6 Å². The molecule has 2 fully saturated rings. The lowest BCUT2D eigenvalue weighted by Crippen LogP contribution is -2.53. The second-order valence-corrected chi connectivity index (χ2v) is 9.24. The zero-order chi connectivity index (χ0) is 24.0. The molecule has 0 radical (unpaired) electrons. The summed E-state index contributed by atoms with van der Waals surface area (Å²) in [5.41, 5.74) is 26.3. The van der Waals surface area contributed by atoms with E-state index >= 15 is 0 Å². The summed E-state index contributed by atoms with van der Waals surface area (Å²) >= 11 is 0. The molecule has 2 aliphatic rings. The lowest BCUT2D eigenvalue weighted by Gasteiger charge is -2.35. The van der Waals surface area contributed by atoms with Gasteiger partial charge in [-0.25, -0.2) is 4.79 Å². The number of fused-ring (bicyclic) bond motifs is 1. The number of rotatable bonds is 4. The summed E-state index contributed by atoms with van der Waals surface area (Å²) in [5, 5.41) is 4.08. The molecule has 2 aliphatic heterocycles. The molecule has 0 unspecified atom stereocenters. The average Bonchev–Trinajstić information content (AvgIpc) is 3.11. The Kier molecular flexibility index (Phi) is 5.81. The smallest absolute Gasteiger partial charge is 0.336 e. The molecule has 12 heteroatoms. The Hall–Kier alpha value is -3.32. The van der Waals surface area contributed by atoms with Gasteiger partial charge in [-0.2, -0.15) is 15.0 Å². The third-order valence-corrected chi connectivity index (χ3v) is 6.31. The van der Waals surface area contributed by atoms with Crippen molar-refractivity contribution in [3.63, 3.8) is 0 Å². The fourth-order valence-corrected chi connectivity index (χ4v) is 4.58. The van der Waals surface area contributed by atoms with Crippen molar-refractivity contribution in [2.45, 2.75) is 37.5 Å². The van der Waals surface area contributed by atoms with E-state index < -0.39 is 5.63 Å². The number of benzene rings is 1. The average molecular weight is 467 g/mol. The minimum absolute atomic E-state index is 0.0689. The zero-order valence-electron chi connectivity index (χ0n) is 19.0. The molecule has 3 aromatic rings. The minimum atomic E-state index is -0.397. The van der Waals surface area contributed by atoms with E-state index in [4.69, 9.17) is 32.3 Å². The molecule has 0 aliphatic carbocycles. The molecular formula is C22H30N10O2. The van der Waals surface area contributed by atoms with Crippen molar-refractivity contribution in [3.05, 3.63) is 40.2 Å². The molecular weight excluding hydrogens is 436 g/mol. The van der Waals surface area contributed by atoms with Crippen LogP contribution in [0.4, 0.5) is 23.5 Å². The first-order valence-electron chi connectivity index (χ1n) is 11.3. The number of aromatic nitrogens is 3. The number of nitrogens with one attached hydrogen (secondary N) is 1. The summed E-state index contributed by atoms with van der Waals surface area (Å²) in [6.45, 7) is 4.15. The van der Waals surface area contributed by atoms with Crippen LogP contribution in [0.25, 0.3) is 11.0 Å². The summed E-state index contributed by atoms with van der Waals surface area (Å²) in [5.74, 6) is 1.30. The van der Waals surface area contributed by atoms with Crippen molar-refractivity contribution in [1.29, 1.82) is 0 Å². The van der Waals surface area contributed by atoms with Crippen LogP contribution in [0.2, 0.25) is 0 Å². The Balaban J connectivity index is 1.51. The third kappa shape index (κ3) is 4.53. The SMILES string of the molecule is Cc1cc(=O)oc2cc(Nc3nc(N4C[C@H](N)C[C@H](N)C4)nc(N4C[C@@H](N)[C@@H](N)C4)n3)ccc12. The molecule has 0 bridgehead atoms. The molecule has 2 saturated heterocycles. The number of hydrogen-bond donors (Lipinski definition) is 5. The number of anilines is 4. The highest BCUT2D eigenvalue weighted by atomic mass is 16.4. The van der Waals surface area contributed by atoms with Gasteiger partial charge in [-0.05, 0) is 31.0 Å². The van der Waals surface area contributed by atoms with Gasteiger partial charge in [-0.1, -0.05) is 0 Å². The molecule has 34 heavy (non-hydrogen) atoms. The van der Waals surface area contributed by atoms with E-state index in [1.54, 1.807) is 6.07 Å². The molecule has 0 saturated carbocycles. The van der Waals surface area contributed by atoms with Crippen LogP contribution >= 0.6 is 0 Å². The van der Waals surface area contributed by atoms with Gasteiger partial charge in [0.1, 0.15) is 5.58 Å². The summed E-state index contributed by atoms with van der Waals surface area (Å²) in [6.07, 6.45) is 0.747. The van der Waals surface area contributed by atoms with E-state index in [-0.39, 0.29) is 24.2 Å². The van der Waals surface area contributed by atoms with Gasteiger partial charge in [0.05, 0.1) is 0 Å². The quantitative estimate of drug-likeness (QED) is 0.306. The van der Waals surface area contributed by atoms with Gasteiger partial charge in [0.25, 0.3) is 0 Å². The van der Waals surface area contributed by atoms with Crippen molar-refractivity contribution < 1.29 is 4.42 Å². The van der Waals surface area contributed by atoms with Crippen LogP contribution in [0.3, 0.4) is 0 Å². The topological polar surface area (TPSA) is 191 Å². The highest BCUT2D eigenvalue weighted by Gasteiger charge is 2.31. The van der Waals surface area contributed by atoms with E-state index in [1.165, 1.54) is 6.07 Å². The fourth-order valence-electron chi connectivity index (χ4n) is 4.58. The summed E-state index contributed by atoms with van der Waals surface area (Å²) in [4.78, 5) is 29.7. The standard InChI is InChI=1S/C22H30N10O2/c1-11-4-19(33)34-18-6-14(2-3-15(11)18)27-20-28-21(31-7-12(23)5-13(24)8-31)30-22(29-20)32-9-16(25)17(26)10-32/h2-4,6,12-13,16-17H,5,7-10,23-26H2,1H3,(H,27,28,29,30)/t12-,13+,16-,17+. The van der Waals surface area contributed by atoms with Gasteiger partial charge in [-0.3, -0.25) is 0 Å². The molecule has 0 spiro atoms. The lowest BCUT2D eigenvalue weighted by atomic mass is 10.0. The highest BCUT2D eigenvalue weighted by molar-refractivity contribution is 5.83. The molecule has 9 N–H and O–H groups in total. The number of nitrogens with zero attached hydrogens (tertiary/aromatic N) is 5. The van der Waals surface area contributed by atoms with Crippen molar-refractivity contribution in [3.8, 4) is 0 Å². The fraction of sp³-hybridized carbons (Fsp3) is 0.455. The Labute approximate surface area is 196 Å². The second-order valence-electron chi connectivity index (χ2n) is 9.24. The lowest BCUT2D eigenvalue weighted by molar-refractivity contribution is 0.447. The molecule has 2 aromatic heterocycles. The van der Waals surface area contributed by atoms with E-state index in [1.807, 2.05) is 28.9 Å². The Morgan fingerprint density at radius 1 is 0.912 bits per heavy atom. The minimum Gasteiger partial charge on any atom is -0.423 e. The van der Waals surface area contributed by atoms with Gasteiger partial charge in [-0.15, -0.1) is 0 Å². The zero-order valence-corrected chi connectivity index (χ0v) is 19.0. The third-order valence-electron chi connectivity index (χ3n) is 6.31. The van der Waals surface area contributed by atoms with Crippen LogP contribution in [-0.2, 0) is 0 Å². The van der Waals surface area contributed by atoms with Crippen molar-refractivity contribution in [1.82, 2.24) is 15.0 Å². The monoisotopic (exact) mass is 466 g/mol. The number of hydrogen-bond acceptors (Lipinski definition) is 12. The molecule has 4 atom stereocenters. The van der Waals surface area contributed by atoms with Crippen LogP contribution in [0, 0.1) is 6.92 Å². The van der Waals surface area contributed by atoms with Crippen molar-refractivity contribution in [2.75, 3.05) is 41.3 Å². The van der Waals surface area contributed by atoms with E-state index in [9.17, 15) is 4.79 Å². The van der Waals surface area contributed by atoms with Crippen LogP contribution in [0.15, 0.2) is 33.5 Å². The van der Waals surface area contributed by atoms with Crippen LogP contribution in [0.5, 0.6) is 0 Å². The maximum absolute atomic E-state index is 11.8. The number of aryl methyl sites for hydroxylation is 1. The first-order chi connectivity index (χ1) is 16.2. The van der Waals surface area contributed by atoms with Crippen LogP contribution in [-0.4, -0.2) is 65.3 Å². The maximum atomic E-state index is 11.8. The predicted molar refractivity (Wildman–Crippen MR) is 131 cm³/mol. The van der Waals surface area contributed by atoms with Crippen molar-refractivity contribution >= 4 is 34.5 Å². The van der Waals surface area contributed by atoms with Gasteiger partial charge < -0.3 is 42.5 Å². The summed E-state index contributed by atoms with van der Waals surface area (Å²) in [7, 11) is 0. The van der Waals surface area contributed by atoms with E-state index in [2.05, 4.69) is 15.3 Å². The number of piperidine rings is 1. The van der Waals surface area contributed by atoms with Crippen LogP contribution < -0.4 is 43.7 Å². The Bertz CT molecular complexity index is 1240. The van der Waals surface area contributed by atoms with Gasteiger partial charge in [0.15, 0.2) is 0 Å². The molecule has 4 heterocycles. The van der Waals surface area contributed by atoms with Crippen molar-refractivity contribution in [2.24, 2.45) is 22.9 Å². The Morgan fingerprint density at radius 2 is 1.53 bits per heavy atom. The summed E-state index contributed by atoms with van der Waals surface area (Å²) in [6, 6.07) is 6.52. The largest absolute Gasteiger partial charge is 0.423 e. The maximum Gasteiger partial charge on any atom is 0.336 e. The second kappa shape index (κ2) is 8.80. The molecule has 180 valence electrons. The first-order valence-corrected chi connectivity index (χ1v) is 11.3. The van der Waals surface area contributed by atoms with Crippen LogP contribution in [0.1, 0.15) is 12.0 Å². The van der Waals surface area contributed by atoms with Gasteiger partial charge in [0.2, 0.25) is 17.8 Å². The predicted octanol–water partition coefficient (Wildman–Crippen LogP) is -0.631. The number of nitrogens with two attached hydrogens (primary N) is 4. The Morgan fingerprint density at radius 3 is 2.18 bits per heavy atom. The molecule has 1 aromatic carbocycles. The van der Waals surface area contributed by atoms with Gasteiger partial charge >= 0.3 is 5.63 Å².